The Balaban J connectivity index is 1.91. The fourth-order valence-corrected chi connectivity index (χ4v) is 2.96. The predicted octanol–water partition coefficient (Wildman–Crippen LogP) is 4.22. The van der Waals surface area contributed by atoms with Crippen LogP contribution in [-0.4, -0.2) is 31.0 Å². The molecule has 4 aromatic rings. The second-order valence-corrected chi connectivity index (χ2v) is 6.02. The van der Waals surface area contributed by atoms with E-state index in [1.165, 1.54) is 24.5 Å². The van der Waals surface area contributed by atoms with Crippen molar-refractivity contribution < 1.29 is 23.2 Å². The van der Waals surface area contributed by atoms with Crippen molar-refractivity contribution in [3.05, 3.63) is 71.3 Å². The van der Waals surface area contributed by atoms with E-state index in [0.29, 0.717) is 5.69 Å². The predicted molar refractivity (Wildman–Crippen MR) is 94.2 cm³/mol. The number of carbonyl (C=O) groups is 1. The molecule has 0 fully saturated rings. The summed E-state index contributed by atoms with van der Waals surface area (Å²) in [6.07, 6.45) is 3.97. The lowest BCUT2D eigenvalue weighted by atomic mass is 10.0. The van der Waals surface area contributed by atoms with Gasteiger partial charge in [0.15, 0.2) is 5.76 Å². The van der Waals surface area contributed by atoms with Crippen molar-refractivity contribution >= 4 is 17.6 Å². The zero-order valence-corrected chi connectivity index (χ0v) is 14.6. The summed E-state index contributed by atoms with van der Waals surface area (Å²) in [5.74, 6) is -3.58. The van der Waals surface area contributed by atoms with Gasteiger partial charge in [0.25, 0.3) is 0 Å². The first-order valence-electron chi connectivity index (χ1n) is 7.80. The first-order valence-corrected chi connectivity index (χ1v) is 8.18. The summed E-state index contributed by atoms with van der Waals surface area (Å²) in [5.41, 5.74) is -1.07. The molecule has 0 saturated carbocycles. The van der Waals surface area contributed by atoms with Gasteiger partial charge in [-0.15, -0.1) is 0 Å². The maximum atomic E-state index is 14.9. The smallest absolute Gasteiger partial charge is 0.342 e. The average Bonchev–Trinajstić information content (AvgIpc) is 3.26. The van der Waals surface area contributed by atoms with Gasteiger partial charge in [-0.3, -0.25) is 4.98 Å². The number of halogens is 3. The fraction of sp³-hybridized carbons (Fsp3) is 0. The minimum atomic E-state index is -1.49. The van der Waals surface area contributed by atoms with Gasteiger partial charge in [0.2, 0.25) is 5.95 Å². The second-order valence-electron chi connectivity index (χ2n) is 5.61. The molecule has 0 bridgehead atoms. The van der Waals surface area contributed by atoms with E-state index in [2.05, 4.69) is 15.2 Å². The van der Waals surface area contributed by atoms with Crippen molar-refractivity contribution in [2.75, 3.05) is 0 Å². The highest BCUT2D eigenvalue weighted by Gasteiger charge is 2.30. The van der Waals surface area contributed by atoms with Gasteiger partial charge in [0.1, 0.15) is 17.1 Å². The molecule has 0 amide bonds. The van der Waals surface area contributed by atoms with Crippen LogP contribution in [0.2, 0.25) is 5.02 Å². The molecular formula is C18H9ClF2N4O3. The molecule has 0 unspecified atom stereocenters. The monoisotopic (exact) mass is 402 g/mol. The van der Waals surface area contributed by atoms with E-state index < -0.39 is 29.1 Å². The Morgan fingerprint density at radius 2 is 2.00 bits per heavy atom. The third-order valence-corrected chi connectivity index (χ3v) is 4.27. The lowest BCUT2D eigenvalue weighted by molar-refractivity contribution is 0.0698. The summed E-state index contributed by atoms with van der Waals surface area (Å²) in [7, 11) is 0. The molecule has 0 aliphatic carbocycles. The van der Waals surface area contributed by atoms with Crippen molar-refractivity contribution in [3.63, 3.8) is 0 Å². The van der Waals surface area contributed by atoms with Crippen LogP contribution >= 0.6 is 11.6 Å². The standard InChI is InChI=1S/C18H9ClF2N4O3/c19-11-4-1-5-12(20)13(11)15-14(18(26)27)16(28-24-15)10-8-23-25(17(10)21)9-3-2-6-22-7-9/h1-8H,(H,26,27). The van der Waals surface area contributed by atoms with Crippen LogP contribution < -0.4 is 0 Å². The summed E-state index contributed by atoms with van der Waals surface area (Å²) in [6, 6.07) is 6.99. The van der Waals surface area contributed by atoms with Crippen molar-refractivity contribution in [1.29, 1.82) is 0 Å². The van der Waals surface area contributed by atoms with Gasteiger partial charge >= 0.3 is 5.97 Å². The number of hydrogen-bond acceptors (Lipinski definition) is 5. The molecule has 4 rings (SSSR count). The van der Waals surface area contributed by atoms with E-state index in [0.717, 1.165) is 16.9 Å². The van der Waals surface area contributed by atoms with Crippen LogP contribution in [0.1, 0.15) is 10.4 Å². The number of rotatable bonds is 4. The Kier molecular flexibility index (Phi) is 4.36. The van der Waals surface area contributed by atoms with E-state index in [1.807, 2.05) is 0 Å². The number of aromatic carboxylic acids is 1. The third kappa shape index (κ3) is 2.81. The molecule has 1 N–H and O–H groups in total. The van der Waals surface area contributed by atoms with E-state index in [1.54, 1.807) is 12.1 Å². The second kappa shape index (κ2) is 6.86. The van der Waals surface area contributed by atoms with Gasteiger partial charge in [-0.1, -0.05) is 22.8 Å². The molecule has 10 heteroatoms. The van der Waals surface area contributed by atoms with E-state index in [9.17, 15) is 18.7 Å². The van der Waals surface area contributed by atoms with Gasteiger partial charge in [-0.05, 0) is 24.3 Å². The van der Waals surface area contributed by atoms with Crippen LogP contribution in [0, 0.1) is 11.8 Å². The molecule has 3 aromatic heterocycles. The number of carboxylic acid groups (broad SMARTS) is 1. The van der Waals surface area contributed by atoms with Crippen molar-refractivity contribution in [2.24, 2.45) is 0 Å². The minimum Gasteiger partial charge on any atom is -0.477 e. The highest BCUT2D eigenvalue weighted by atomic mass is 35.5. The van der Waals surface area contributed by atoms with E-state index in [4.69, 9.17) is 16.1 Å². The lowest BCUT2D eigenvalue weighted by Crippen LogP contribution is -2.02. The minimum absolute atomic E-state index is 0.0612. The maximum Gasteiger partial charge on any atom is 0.342 e. The van der Waals surface area contributed by atoms with Gasteiger partial charge in [-0.2, -0.15) is 9.49 Å². The number of carboxylic acids is 1. The van der Waals surface area contributed by atoms with Crippen LogP contribution in [0.4, 0.5) is 8.78 Å². The normalized spacial score (nSPS) is 11.0. The number of hydrogen-bond donors (Lipinski definition) is 1. The first-order chi connectivity index (χ1) is 13.5. The highest BCUT2D eigenvalue weighted by Crippen LogP contribution is 2.37. The molecule has 0 atom stereocenters. The van der Waals surface area contributed by atoms with E-state index >= 15 is 0 Å². The Morgan fingerprint density at radius 1 is 1.18 bits per heavy atom. The first kappa shape index (κ1) is 17.8. The number of nitrogens with zero attached hydrogens (tertiary/aromatic N) is 4. The number of benzene rings is 1. The van der Waals surface area contributed by atoms with Crippen LogP contribution in [0.5, 0.6) is 0 Å². The Hall–Kier alpha value is -3.59. The molecule has 0 aliphatic heterocycles. The summed E-state index contributed by atoms with van der Waals surface area (Å²) < 4.78 is 35.1. The highest BCUT2D eigenvalue weighted by molar-refractivity contribution is 6.33. The fourth-order valence-electron chi connectivity index (χ4n) is 2.71. The molecule has 0 saturated heterocycles. The molecule has 140 valence electrons. The van der Waals surface area contributed by atoms with Crippen molar-refractivity contribution in [1.82, 2.24) is 19.9 Å². The van der Waals surface area contributed by atoms with Gasteiger partial charge in [0, 0.05) is 6.20 Å². The summed E-state index contributed by atoms with van der Waals surface area (Å²) in [6.45, 7) is 0. The Labute approximate surface area is 160 Å². The Morgan fingerprint density at radius 3 is 2.68 bits per heavy atom. The lowest BCUT2D eigenvalue weighted by Gasteiger charge is -2.03. The molecule has 28 heavy (non-hydrogen) atoms. The number of aromatic nitrogens is 4. The molecule has 3 heterocycles. The Bertz CT molecular complexity index is 1170. The molecule has 0 aliphatic rings. The zero-order valence-electron chi connectivity index (χ0n) is 13.8. The topological polar surface area (TPSA) is 94.0 Å². The molecule has 0 radical (unpaired) electrons. The maximum absolute atomic E-state index is 14.9. The van der Waals surface area contributed by atoms with Crippen LogP contribution in [0.25, 0.3) is 28.3 Å². The van der Waals surface area contributed by atoms with Crippen LogP contribution in [-0.2, 0) is 0 Å². The summed E-state index contributed by atoms with van der Waals surface area (Å²) >= 11 is 6.00. The van der Waals surface area contributed by atoms with Crippen molar-refractivity contribution in [2.45, 2.75) is 0 Å². The molecular weight excluding hydrogens is 394 g/mol. The van der Waals surface area contributed by atoms with Gasteiger partial charge in [-0.25, -0.2) is 13.9 Å². The van der Waals surface area contributed by atoms with Gasteiger partial charge in [0.05, 0.1) is 34.2 Å². The molecule has 0 spiro atoms. The molecule has 7 nitrogen and oxygen atoms in total. The van der Waals surface area contributed by atoms with E-state index in [-0.39, 0.29) is 21.8 Å². The summed E-state index contributed by atoms with van der Waals surface area (Å²) in [4.78, 5) is 15.7. The molecule has 1 aromatic carbocycles. The quantitative estimate of drug-likeness (QED) is 0.549. The zero-order chi connectivity index (χ0) is 19.8. The van der Waals surface area contributed by atoms with Gasteiger partial charge < -0.3 is 9.63 Å². The number of pyridine rings is 1. The SMILES string of the molecule is O=C(O)c1c(-c2c(F)cccc2Cl)noc1-c1cnn(-c2cccnc2)c1F. The summed E-state index contributed by atoms with van der Waals surface area (Å²) in [5, 5.41) is 17.1. The average molecular weight is 403 g/mol. The van der Waals surface area contributed by atoms with Crippen LogP contribution in [0.15, 0.2) is 53.4 Å². The van der Waals surface area contributed by atoms with Crippen LogP contribution in [0.3, 0.4) is 0 Å². The largest absolute Gasteiger partial charge is 0.477 e. The van der Waals surface area contributed by atoms with Crippen molar-refractivity contribution in [3.8, 4) is 28.3 Å². The third-order valence-electron chi connectivity index (χ3n) is 3.95.